The van der Waals surface area contributed by atoms with E-state index in [0.29, 0.717) is 11.7 Å². The lowest BCUT2D eigenvalue weighted by molar-refractivity contribution is -0.922. The first-order valence-electron chi connectivity index (χ1n) is 11.1. The van der Waals surface area contributed by atoms with Gasteiger partial charge < -0.3 is 23.9 Å². The van der Waals surface area contributed by atoms with Crippen molar-refractivity contribution in [2.45, 2.75) is 32.5 Å². The van der Waals surface area contributed by atoms with Crippen molar-refractivity contribution < 1.29 is 37.1 Å². The molecule has 1 aliphatic heterocycles. The van der Waals surface area contributed by atoms with Gasteiger partial charge in [0.05, 0.1) is 43.8 Å². The van der Waals surface area contributed by atoms with Crippen molar-refractivity contribution in [2.24, 2.45) is 5.92 Å². The zero-order valence-corrected chi connectivity index (χ0v) is 19.2. The topological polar surface area (TPSA) is 73.3 Å². The Morgan fingerprint density at radius 3 is 2.53 bits per heavy atom. The Morgan fingerprint density at radius 2 is 1.88 bits per heavy atom. The second-order valence-electron chi connectivity index (χ2n) is 8.77. The Kier molecular flexibility index (Phi) is 6.49. The van der Waals surface area contributed by atoms with Gasteiger partial charge in [0.15, 0.2) is 17.1 Å². The van der Waals surface area contributed by atoms with Gasteiger partial charge in [-0.1, -0.05) is 13.0 Å². The van der Waals surface area contributed by atoms with Crippen LogP contribution in [0.25, 0.3) is 22.1 Å². The predicted molar refractivity (Wildman–Crippen MR) is 120 cm³/mol. The molecular formula is C25H27F3NO5+. The lowest BCUT2D eigenvalue weighted by atomic mass is 9.98. The molecule has 2 aromatic carbocycles. The molecule has 9 heteroatoms. The lowest BCUT2D eigenvalue weighted by Gasteiger charge is -2.28. The number of benzene rings is 2. The number of fused-ring (bicyclic) bond motifs is 1. The molecule has 2 unspecified atom stereocenters. The highest BCUT2D eigenvalue weighted by molar-refractivity contribution is 5.87. The number of halogens is 3. The van der Waals surface area contributed by atoms with Crippen LogP contribution >= 0.6 is 0 Å². The molecule has 1 fully saturated rings. The number of phenolic OH excluding ortho intramolecular Hbond substituents is 1. The number of nitrogens with one attached hydrogen (secondary N) is 1. The van der Waals surface area contributed by atoms with E-state index >= 15 is 0 Å². The van der Waals surface area contributed by atoms with Crippen molar-refractivity contribution in [2.75, 3.05) is 27.3 Å². The molecule has 1 aromatic heterocycles. The summed E-state index contributed by atoms with van der Waals surface area (Å²) >= 11 is 0. The summed E-state index contributed by atoms with van der Waals surface area (Å²) in [6.45, 7) is 4.05. The summed E-state index contributed by atoms with van der Waals surface area (Å²) in [7, 11) is 2.76. The van der Waals surface area contributed by atoms with Crippen molar-refractivity contribution in [3.8, 4) is 28.4 Å². The van der Waals surface area contributed by atoms with Crippen LogP contribution in [0.4, 0.5) is 13.2 Å². The van der Waals surface area contributed by atoms with E-state index in [1.54, 1.807) is 0 Å². The van der Waals surface area contributed by atoms with E-state index in [-0.39, 0.29) is 40.1 Å². The minimum atomic E-state index is -4.94. The standard InChI is InChI=1S/C25H26F3NO5/c1-14-5-4-10-29(12-14)13-17-18(30)8-7-16-22(31)21(24(25(26,27)28)34-23(16)17)15-6-9-19(32-2)20(11-15)33-3/h6-9,11,14,30H,4-5,10,12-13H2,1-3H3/p+1. The highest BCUT2D eigenvalue weighted by Crippen LogP contribution is 2.41. The molecule has 3 aromatic rings. The van der Waals surface area contributed by atoms with Gasteiger partial charge in [0, 0.05) is 5.92 Å². The van der Waals surface area contributed by atoms with Crippen LogP contribution in [0.15, 0.2) is 39.5 Å². The Balaban J connectivity index is 1.94. The Labute approximate surface area is 194 Å². The summed E-state index contributed by atoms with van der Waals surface area (Å²) in [6.07, 6.45) is -2.86. The summed E-state index contributed by atoms with van der Waals surface area (Å²) in [5, 5.41) is 10.5. The number of aromatic hydroxyl groups is 1. The number of rotatable bonds is 5. The maximum atomic E-state index is 14.2. The third kappa shape index (κ3) is 4.44. The SMILES string of the molecule is COc1ccc(-c2c(C(F)(F)F)oc3c(C[NH+]4CCCC(C)C4)c(O)ccc3c2=O)cc1OC. The fraction of sp³-hybridized carbons (Fsp3) is 0.400. The Morgan fingerprint density at radius 1 is 1.15 bits per heavy atom. The number of methoxy groups -OCH3 is 2. The van der Waals surface area contributed by atoms with Crippen LogP contribution in [0, 0.1) is 5.92 Å². The van der Waals surface area contributed by atoms with Crippen LogP contribution in [0.3, 0.4) is 0 Å². The van der Waals surface area contributed by atoms with Crippen molar-refractivity contribution >= 4 is 11.0 Å². The number of quaternary nitrogens is 1. The highest BCUT2D eigenvalue weighted by Gasteiger charge is 2.40. The summed E-state index contributed by atoms with van der Waals surface area (Å²) in [5.41, 5.74) is -1.47. The molecule has 2 atom stereocenters. The fourth-order valence-electron chi connectivity index (χ4n) is 4.74. The molecule has 0 aliphatic carbocycles. The minimum absolute atomic E-state index is 0.00858. The first-order valence-corrected chi connectivity index (χ1v) is 11.1. The van der Waals surface area contributed by atoms with Gasteiger partial charge in [0.25, 0.3) is 0 Å². The molecule has 0 spiro atoms. The van der Waals surface area contributed by atoms with Crippen LogP contribution in [-0.4, -0.2) is 32.4 Å². The third-order valence-electron chi connectivity index (χ3n) is 6.36. The maximum absolute atomic E-state index is 14.2. The normalized spacial score (nSPS) is 18.8. The van der Waals surface area contributed by atoms with Crippen LogP contribution < -0.4 is 19.8 Å². The van der Waals surface area contributed by atoms with Crippen molar-refractivity contribution in [1.82, 2.24) is 0 Å². The Hall–Kier alpha value is -3.20. The van der Waals surface area contributed by atoms with E-state index < -0.39 is 22.9 Å². The van der Waals surface area contributed by atoms with E-state index in [1.165, 1.54) is 44.6 Å². The van der Waals surface area contributed by atoms with Crippen LogP contribution in [0.5, 0.6) is 17.2 Å². The van der Waals surface area contributed by atoms with Gasteiger partial charge in [-0.15, -0.1) is 0 Å². The van der Waals surface area contributed by atoms with Gasteiger partial charge in [-0.25, -0.2) is 0 Å². The monoisotopic (exact) mass is 478 g/mol. The van der Waals surface area contributed by atoms with Gasteiger partial charge in [0.2, 0.25) is 11.2 Å². The Bertz CT molecular complexity index is 1270. The van der Waals surface area contributed by atoms with E-state index in [0.717, 1.165) is 30.8 Å². The smallest absolute Gasteiger partial charge is 0.450 e. The van der Waals surface area contributed by atoms with E-state index in [9.17, 15) is 23.1 Å². The zero-order valence-electron chi connectivity index (χ0n) is 19.2. The minimum Gasteiger partial charge on any atom is -0.507 e. The van der Waals surface area contributed by atoms with E-state index in [1.807, 2.05) is 0 Å². The number of ether oxygens (including phenoxy) is 2. The molecule has 1 saturated heterocycles. The second-order valence-corrected chi connectivity index (χ2v) is 8.77. The summed E-state index contributed by atoms with van der Waals surface area (Å²) in [6, 6.07) is 6.74. The molecule has 4 rings (SSSR count). The molecular weight excluding hydrogens is 451 g/mol. The van der Waals surface area contributed by atoms with Crippen LogP contribution in [-0.2, 0) is 12.7 Å². The number of piperidine rings is 1. The second kappa shape index (κ2) is 9.21. The summed E-state index contributed by atoms with van der Waals surface area (Å²) in [5.74, 6) is -0.632. The summed E-state index contributed by atoms with van der Waals surface area (Å²) in [4.78, 5) is 14.6. The number of hydrogen-bond acceptors (Lipinski definition) is 5. The molecule has 2 heterocycles. The average Bonchev–Trinajstić information content (AvgIpc) is 2.79. The first-order chi connectivity index (χ1) is 16.1. The molecule has 182 valence electrons. The fourth-order valence-corrected chi connectivity index (χ4v) is 4.74. The number of phenols is 1. The zero-order chi connectivity index (χ0) is 24.6. The number of hydrogen-bond donors (Lipinski definition) is 2. The van der Waals surface area contributed by atoms with Gasteiger partial charge in [-0.3, -0.25) is 4.79 Å². The number of alkyl halides is 3. The molecule has 0 amide bonds. The lowest BCUT2D eigenvalue weighted by Crippen LogP contribution is -3.12. The number of likely N-dealkylation sites (tertiary alicyclic amines) is 1. The van der Waals surface area contributed by atoms with E-state index in [2.05, 4.69) is 6.92 Å². The molecule has 6 nitrogen and oxygen atoms in total. The van der Waals surface area contributed by atoms with E-state index in [4.69, 9.17) is 13.9 Å². The van der Waals surface area contributed by atoms with Crippen molar-refractivity contribution in [3.63, 3.8) is 0 Å². The van der Waals surface area contributed by atoms with Gasteiger partial charge >= 0.3 is 6.18 Å². The van der Waals surface area contributed by atoms with Crippen molar-refractivity contribution in [1.29, 1.82) is 0 Å². The van der Waals surface area contributed by atoms with Crippen LogP contribution in [0.2, 0.25) is 0 Å². The molecule has 0 saturated carbocycles. The molecule has 1 aliphatic rings. The van der Waals surface area contributed by atoms with Crippen LogP contribution in [0.1, 0.15) is 31.1 Å². The predicted octanol–water partition coefficient (Wildman–Crippen LogP) is 4.02. The van der Waals surface area contributed by atoms with Gasteiger partial charge in [-0.05, 0) is 42.7 Å². The quantitative estimate of drug-likeness (QED) is 0.580. The highest BCUT2D eigenvalue weighted by atomic mass is 19.4. The molecule has 0 radical (unpaired) electrons. The summed E-state index contributed by atoms with van der Waals surface area (Å²) < 4.78 is 58.3. The molecule has 34 heavy (non-hydrogen) atoms. The maximum Gasteiger partial charge on any atom is 0.450 e. The third-order valence-corrected chi connectivity index (χ3v) is 6.36. The molecule has 2 N–H and O–H groups in total. The largest absolute Gasteiger partial charge is 0.507 e. The molecule has 0 bridgehead atoms. The van der Waals surface area contributed by atoms with Gasteiger partial charge in [0.1, 0.15) is 12.3 Å². The average molecular weight is 478 g/mol. The first kappa shape index (κ1) is 23.9. The van der Waals surface area contributed by atoms with Crippen molar-refractivity contribution in [3.05, 3.63) is 51.9 Å². The van der Waals surface area contributed by atoms with Gasteiger partial charge in [-0.2, -0.15) is 13.2 Å².